The molecule has 1 aliphatic rings. The van der Waals surface area contributed by atoms with Gasteiger partial charge >= 0.3 is 0 Å². The van der Waals surface area contributed by atoms with Crippen LogP contribution < -0.4 is 0 Å². The maximum atomic E-state index is 13.3. The first-order chi connectivity index (χ1) is 12.1. The van der Waals surface area contributed by atoms with Crippen molar-refractivity contribution in [3.8, 4) is 0 Å². The van der Waals surface area contributed by atoms with Gasteiger partial charge in [-0.2, -0.15) is 5.10 Å². The van der Waals surface area contributed by atoms with Gasteiger partial charge in [0.15, 0.2) is 11.6 Å². The molecule has 25 heavy (non-hydrogen) atoms. The highest BCUT2D eigenvalue weighted by Gasteiger charge is 2.23. The number of likely N-dealkylation sites (tertiary alicyclic amines) is 1. The lowest BCUT2D eigenvalue weighted by Crippen LogP contribution is -2.40. The molecule has 3 rings (SSSR count). The summed E-state index contributed by atoms with van der Waals surface area (Å²) in [4.78, 5) is 14.3. The number of carbonyl (C=O) groups excluding carboxylic acids is 1. The number of aromatic amines is 1. The minimum Gasteiger partial charge on any atom is -0.342 e. The van der Waals surface area contributed by atoms with Crippen LogP contribution in [-0.4, -0.2) is 34.1 Å². The number of halogens is 2. The fourth-order valence-corrected chi connectivity index (χ4v) is 3.42. The number of aromatic nitrogens is 2. The highest BCUT2D eigenvalue weighted by molar-refractivity contribution is 5.76. The van der Waals surface area contributed by atoms with Crippen LogP contribution in [0.15, 0.2) is 30.6 Å². The first-order valence-corrected chi connectivity index (χ1v) is 8.81. The molecule has 1 aliphatic heterocycles. The minimum absolute atomic E-state index is 0.179. The van der Waals surface area contributed by atoms with Crippen molar-refractivity contribution < 1.29 is 13.6 Å². The second-order valence-electron chi connectivity index (χ2n) is 6.74. The summed E-state index contributed by atoms with van der Waals surface area (Å²) in [6.07, 6.45) is 8.42. The Balaban J connectivity index is 1.47. The van der Waals surface area contributed by atoms with Gasteiger partial charge in [-0.1, -0.05) is 6.07 Å². The molecule has 4 nitrogen and oxygen atoms in total. The SMILES string of the molecule is O=C(CCc1cn[nH]c1)N1CCC[C@H](CCc2ccc(F)c(F)c2)C1. The van der Waals surface area contributed by atoms with Crippen molar-refractivity contribution in [1.82, 2.24) is 15.1 Å². The third-order valence-electron chi connectivity index (χ3n) is 4.88. The van der Waals surface area contributed by atoms with Crippen molar-refractivity contribution in [3.05, 3.63) is 53.4 Å². The Bertz CT molecular complexity index is 703. The van der Waals surface area contributed by atoms with Gasteiger partial charge in [-0.25, -0.2) is 8.78 Å². The largest absolute Gasteiger partial charge is 0.342 e. The Morgan fingerprint density at radius 1 is 1.24 bits per heavy atom. The molecule has 134 valence electrons. The molecule has 2 aromatic rings. The molecule has 1 amide bonds. The average molecular weight is 347 g/mol. The number of amides is 1. The topological polar surface area (TPSA) is 49.0 Å². The summed E-state index contributed by atoms with van der Waals surface area (Å²) in [5.74, 6) is -1.01. The molecule has 0 radical (unpaired) electrons. The van der Waals surface area contributed by atoms with E-state index in [1.165, 1.54) is 12.1 Å². The van der Waals surface area contributed by atoms with Crippen LogP contribution in [0.25, 0.3) is 0 Å². The third-order valence-corrected chi connectivity index (χ3v) is 4.88. The van der Waals surface area contributed by atoms with E-state index in [1.807, 2.05) is 11.1 Å². The summed E-state index contributed by atoms with van der Waals surface area (Å²) >= 11 is 0. The van der Waals surface area contributed by atoms with E-state index in [-0.39, 0.29) is 5.91 Å². The van der Waals surface area contributed by atoms with Gasteiger partial charge in [0.05, 0.1) is 6.20 Å². The van der Waals surface area contributed by atoms with Crippen molar-refractivity contribution >= 4 is 5.91 Å². The number of hydrogen-bond donors (Lipinski definition) is 1. The van der Waals surface area contributed by atoms with Crippen LogP contribution in [0.2, 0.25) is 0 Å². The van der Waals surface area contributed by atoms with Crippen LogP contribution in [-0.2, 0) is 17.6 Å². The lowest BCUT2D eigenvalue weighted by molar-refractivity contribution is -0.133. The second-order valence-corrected chi connectivity index (χ2v) is 6.74. The zero-order chi connectivity index (χ0) is 17.6. The van der Waals surface area contributed by atoms with E-state index in [4.69, 9.17) is 0 Å². The number of rotatable bonds is 6. The van der Waals surface area contributed by atoms with Crippen molar-refractivity contribution in [2.24, 2.45) is 5.92 Å². The monoisotopic (exact) mass is 347 g/mol. The number of H-pyrrole nitrogens is 1. The van der Waals surface area contributed by atoms with Gasteiger partial charge < -0.3 is 4.90 Å². The molecule has 0 unspecified atom stereocenters. The van der Waals surface area contributed by atoms with Gasteiger partial charge in [-0.15, -0.1) is 0 Å². The summed E-state index contributed by atoms with van der Waals surface area (Å²) in [5, 5.41) is 6.64. The van der Waals surface area contributed by atoms with Crippen molar-refractivity contribution in [2.75, 3.05) is 13.1 Å². The average Bonchev–Trinajstić information content (AvgIpc) is 3.14. The van der Waals surface area contributed by atoms with Crippen LogP contribution in [0.1, 0.15) is 36.8 Å². The molecular formula is C19H23F2N3O. The van der Waals surface area contributed by atoms with Gasteiger partial charge in [0.1, 0.15) is 0 Å². The van der Waals surface area contributed by atoms with Gasteiger partial charge in [0, 0.05) is 25.7 Å². The predicted octanol–water partition coefficient (Wildman–Crippen LogP) is 3.49. The first kappa shape index (κ1) is 17.6. The summed E-state index contributed by atoms with van der Waals surface area (Å²) in [5.41, 5.74) is 1.85. The maximum absolute atomic E-state index is 13.3. The highest BCUT2D eigenvalue weighted by atomic mass is 19.2. The number of hydrogen-bond acceptors (Lipinski definition) is 2. The predicted molar refractivity (Wildman–Crippen MR) is 90.9 cm³/mol. The lowest BCUT2D eigenvalue weighted by atomic mass is 9.91. The van der Waals surface area contributed by atoms with Crippen molar-refractivity contribution in [1.29, 1.82) is 0 Å². The third kappa shape index (κ3) is 4.87. The van der Waals surface area contributed by atoms with Crippen LogP contribution in [0.3, 0.4) is 0 Å². The summed E-state index contributed by atoms with van der Waals surface area (Å²) < 4.78 is 26.3. The van der Waals surface area contributed by atoms with E-state index >= 15 is 0 Å². The Morgan fingerprint density at radius 3 is 2.88 bits per heavy atom. The van der Waals surface area contributed by atoms with Crippen molar-refractivity contribution in [2.45, 2.75) is 38.5 Å². The molecule has 0 saturated carbocycles. The lowest BCUT2D eigenvalue weighted by Gasteiger charge is -2.33. The van der Waals surface area contributed by atoms with Gasteiger partial charge in [0.25, 0.3) is 0 Å². The second kappa shape index (κ2) is 8.23. The van der Waals surface area contributed by atoms with E-state index < -0.39 is 11.6 Å². The number of aryl methyl sites for hydroxylation is 2. The molecule has 0 aliphatic carbocycles. The number of benzene rings is 1. The zero-order valence-electron chi connectivity index (χ0n) is 14.2. The normalized spacial score (nSPS) is 17.7. The molecule has 2 heterocycles. The number of carbonyl (C=O) groups is 1. The molecule has 0 bridgehead atoms. The van der Waals surface area contributed by atoms with E-state index in [0.29, 0.717) is 25.2 Å². The van der Waals surface area contributed by atoms with Crippen LogP contribution >= 0.6 is 0 Å². The standard InChI is InChI=1S/C19H23F2N3O/c20-17-7-5-14(10-18(17)21)3-4-15-2-1-9-24(13-15)19(25)8-6-16-11-22-23-12-16/h5,7,10-12,15H,1-4,6,8-9,13H2,(H,22,23)/t15-/m1/s1. The molecule has 1 fully saturated rings. The van der Waals surface area contributed by atoms with Gasteiger partial charge in [0.2, 0.25) is 5.91 Å². The molecular weight excluding hydrogens is 324 g/mol. The van der Waals surface area contributed by atoms with Crippen molar-refractivity contribution in [3.63, 3.8) is 0 Å². The molecule has 6 heteroatoms. The molecule has 1 N–H and O–H groups in total. The quantitative estimate of drug-likeness (QED) is 0.869. The Hall–Kier alpha value is -2.24. The zero-order valence-corrected chi connectivity index (χ0v) is 14.2. The highest BCUT2D eigenvalue weighted by Crippen LogP contribution is 2.23. The minimum atomic E-state index is -0.809. The Morgan fingerprint density at radius 2 is 2.12 bits per heavy atom. The van der Waals surface area contributed by atoms with E-state index in [9.17, 15) is 13.6 Å². The van der Waals surface area contributed by atoms with E-state index in [2.05, 4.69) is 10.2 Å². The molecule has 1 aromatic carbocycles. The molecule has 1 atom stereocenters. The van der Waals surface area contributed by atoms with E-state index in [0.717, 1.165) is 43.5 Å². The first-order valence-electron chi connectivity index (χ1n) is 8.81. The Kier molecular flexibility index (Phi) is 5.79. The smallest absolute Gasteiger partial charge is 0.222 e. The Labute approximate surface area is 146 Å². The molecule has 1 aromatic heterocycles. The van der Waals surface area contributed by atoms with E-state index in [1.54, 1.807) is 12.3 Å². The van der Waals surface area contributed by atoms with Gasteiger partial charge in [-0.3, -0.25) is 9.89 Å². The summed E-state index contributed by atoms with van der Waals surface area (Å²) in [6, 6.07) is 4.08. The molecule has 1 saturated heterocycles. The van der Waals surface area contributed by atoms with Crippen LogP contribution in [0, 0.1) is 17.6 Å². The summed E-state index contributed by atoms with van der Waals surface area (Å²) in [7, 11) is 0. The van der Waals surface area contributed by atoms with Gasteiger partial charge in [-0.05, 0) is 61.3 Å². The van der Waals surface area contributed by atoms with Crippen LogP contribution in [0.4, 0.5) is 8.78 Å². The van der Waals surface area contributed by atoms with Crippen LogP contribution in [0.5, 0.6) is 0 Å². The fraction of sp³-hybridized carbons (Fsp3) is 0.474. The fourth-order valence-electron chi connectivity index (χ4n) is 3.42. The maximum Gasteiger partial charge on any atom is 0.222 e. The number of nitrogens with zero attached hydrogens (tertiary/aromatic N) is 2. The number of nitrogens with one attached hydrogen (secondary N) is 1. The number of piperidine rings is 1. The molecule has 0 spiro atoms. The summed E-state index contributed by atoms with van der Waals surface area (Å²) in [6.45, 7) is 1.57.